The fraction of sp³-hybridized carbons (Fsp3) is 0.667. The Hall–Kier alpha value is -2.12. The topological polar surface area (TPSA) is 92.3 Å². The zero-order valence-electron chi connectivity index (χ0n) is 12.6. The highest BCUT2D eigenvalue weighted by molar-refractivity contribution is 5.80. The summed E-state index contributed by atoms with van der Waals surface area (Å²) in [6, 6.07) is 0.240. The summed E-state index contributed by atoms with van der Waals surface area (Å²) in [6.45, 7) is 6.58. The monoisotopic (exact) mass is 282 g/mol. The first-order valence-electron chi connectivity index (χ1n) is 6.54. The summed E-state index contributed by atoms with van der Waals surface area (Å²) in [6.07, 6.45) is -0.0380. The maximum Gasteiger partial charge on any atom is 0.323 e. The first-order chi connectivity index (χ1) is 9.46. The van der Waals surface area contributed by atoms with Gasteiger partial charge in [-0.05, 0) is 20.8 Å². The van der Waals surface area contributed by atoms with Gasteiger partial charge in [0.05, 0.1) is 12.6 Å². The maximum absolute atomic E-state index is 11.4. The van der Waals surface area contributed by atoms with E-state index in [1.165, 1.54) is 0 Å². The fourth-order valence-corrected chi connectivity index (χ4v) is 1.38. The Morgan fingerprint density at radius 3 is 2.60 bits per heavy atom. The summed E-state index contributed by atoms with van der Waals surface area (Å²) in [7, 11) is 3.32. The zero-order valence-corrected chi connectivity index (χ0v) is 12.6. The molecule has 0 aliphatic carbocycles. The highest BCUT2D eigenvalue weighted by atomic mass is 16.5. The van der Waals surface area contributed by atoms with E-state index in [-0.39, 0.29) is 24.6 Å². The average Bonchev–Trinajstić information content (AvgIpc) is 2.37. The van der Waals surface area contributed by atoms with Crippen molar-refractivity contribution in [1.29, 1.82) is 0 Å². The number of carbonyl (C=O) groups excluding carboxylic acids is 1. The zero-order chi connectivity index (χ0) is 15.1. The van der Waals surface area contributed by atoms with Gasteiger partial charge in [-0.3, -0.25) is 4.79 Å². The molecule has 0 unspecified atom stereocenters. The van der Waals surface area contributed by atoms with E-state index in [2.05, 4.69) is 25.6 Å². The van der Waals surface area contributed by atoms with E-state index in [9.17, 15) is 4.79 Å². The Morgan fingerprint density at radius 2 is 2.05 bits per heavy atom. The predicted octanol–water partition coefficient (Wildman–Crippen LogP) is 0.273. The Balaban J connectivity index is 2.97. The molecule has 0 spiro atoms. The van der Waals surface area contributed by atoms with Crippen molar-refractivity contribution in [2.45, 2.75) is 26.9 Å². The van der Waals surface area contributed by atoms with Crippen LogP contribution >= 0.6 is 0 Å². The predicted molar refractivity (Wildman–Crippen MR) is 77.1 cm³/mol. The van der Waals surface area contributed by atoms with Crippen molar-refractivity contribution >= 4 is 17.8 Å². The minimum absolute atomic E-state index is 0.0380. The lowest BCUT2D eigenvalue weighted by atomic mass is 10.5. The number of hydrogen-bond acceptors (Lipinski definition) is 7. The number of nitrogens with one attached hydrogen (secondary N) is 2. The van der Waals surface area contributed by atoms with Crippen LogP contribution in [0.3, 0.4) is 0 Å². The van der Waals surface area contributed by atoms with Crippen LogP contribution in [-0.4, -0.2) is 54.1 Å². The van der Waals surface area contributed by atoms with Crippen LogP contribution in [-0.2, 0) is 4.79 Å². The molecule has 0 fully saturated rings. The van der Waals surface area contributed by atoms with E-state index in [0.29, 0.717) is 18.4 Å². The molecule has 1 heterocycles. The molecule has 0 saturated heterocycles. The van der Waals surface area contributed by atoms with Crippen LogP contribution in [0.2, 0.25) is 0 Å². The second-order valence-corrected chi connectivity index (χ2v) is 4.47. The van der Waals surface area contributed by atoms with Gasteiger partial charge in [0, 0.05) is 20.6 Å². The third-order valence-electron chi connectivity index (χ3n) is 2.28. The van der Waals surface area contributed by atoms with E-state index in [4.69, 9.17) is 4.74 Å². The highest BCUT2D eigenvalue weighted by Gasteiger charge is 2.14. The molecule has 0 aliphatic rings. The number of likely N-dealkylation sites (N-methyl/N-ethyl adjacent to an activating group) is 2. The smallest absolute Gasteiger partial charge is 0.323 e. The number of nitrogens with zero attached hydrogens (tertiary/aromatic N) is 4. The molecule has 20 heavy (non-hydrogen) atoms. The van der Waals surface area contributed by atoms with E-state index in [0.717, 1.165) is 0 Å². The van der Waals surface area contributed by atoms with Gasteiger partial charge in [0.1, 0.15) is 0 Å². The van der Waals surface area contributed by atoms with Crippen molar-refractivity contribution in [1.82, 2.24) is 20.3 Å². The van der Waals surface area contributed by atoms with E-state index < -0.39 is 0 Å². The van der Waals surface area contributed by atoms with Gasteiger partial charge in [0.2, 0.25) is 17.8 Å². The summed E-state index contributed by atoms with van der Waals surface area (Å²) in [4.78, 5) is 25.6. The molecule has 1 amide bonds. The third kappa shape index (κ3) is 4.87. The standard InChI is InChI=1S/C12H22N6O2/c1-6-14-10-15-11(18(5)7-9(19)13-4)17-12(16-10)20-8(2)3/h8H,6-7H2,1-5H3,(H,13,19)(H,14,15,16,17). The molecule has 2 N–H and O–H groups in total. The van der Waals surface area contributed by atoms with Crippen molar-refractivity contribution in [3.8, 4) is 6.01 Å². The van der Waals surface area contributed by atoms with Gasteiger partial charge < -0.3 is 20.3 Å². The molecule has 1 aromatic rings. The fourth-order valence-electron chi connectivity index (χ4n) is 1.38. The number of hydrogen-bond donors (Lipinski definition) is 2. The van der Waals surface area contributed by atoms with Gasteiger partial charge in [0.15, 0.2) is 0 Å². The second kappa shape index (κ2) is 7.46. The summed E-state index contributed by atoms with van der Waals surface area (Å²) in [5.74, 6) is 0.691. The minimum atomic E-state index is -0.121. The van der Waals surface area contributed by atoms with Gasteiger partial charge in [-0.25, -0.2) is 0 Å². The van der Waals surface area contributed by atoms with Crippen LogP contribution in [0.5, 0.6) is 6.01 Å². The number of carbonyl (C=O) groups is 1. The van der Waals surface area contributed by atoms with Crippen LogP contribution in [0.25, 0.3) is 0 Å². The molecule has 0 aliphatic heterocycles. The quantitative estimate of drug-likeness (QED) is 0.741. The lowest BCUT2D eigenvalue weighted by Gasteiger charge is -2.18. The summed E-state index contributed by atoms with van der Waals surface area (Å²) < 4.78 is 5.49. The van der Waals surface area contributed by atoms with Crippen LogP contribution < -0.4 is 20.3 Å². The molecule has 0 atom stereocenters. The SMILES string of the molecule is CCNc1nc(OC(C)C)nc(N(C)CC(=O)NC)n1. The highest BCUT2D eigenvalue weighted by Crippen LogP contribution is 2.14. The van der Waals surface area contributed by atoms with Crippen LogP contribution in [0.1, 0.15) is 20.8 Å². The lowest BCUT2D eigenvalue weighted by molar-refractivity contribution is -0.119. The Bertz CT molecular complexity index is 452. The first kappa shape index (κ1) is 15.9. The largest absolute Gasteiger partial charge is 0.461 e. The average molecular weight is 282 g/mol. The summed E-state index contributed by atoms with van der Waals surface area (Å²) >= 11 is 0. The number of rotatable bonds is 7. The van der Waals surface area contributed by atoms with Crippen molar-refractivity contribution in [3.63, 3.8) is 0 Å². The molecule has 0 aromatic carbocycles. The number of ether oxygens (including phenoxy) is 1. The van der Waals surface area contributed by atoms with Gasteiger partial charge in [0.25, 0.3) is 0 Å². The van der Waals surface area contributed by atoms with E-state index in [1.54, 1.807) is 19.0 Å². The van der Waals surface area contributed by atoms with Crippen LogP contribution in [0.4, 0.5) is 11.9 Å². The molecule has 112 valence electrons. The number of aromatic nitrogens is 3. The third-order valence-corrected chi connectivity index (χ3v) is 2.28. The molecular weight excluding hydrogens is 260 g/mol. The van der Waals surface area contributed by atoms with Crippen molar-refractivity contribution in [3.05, 3.63) is 0 Å². The summed E-state index contributed by atoms with van der Waals surface area (Å²) in [5.41, 5.74) is 0. The molecule has 0 saturated carbocycles. The van der Waals surface area contributed by atoms with E-state index >= 15 is 0 Å². The van der Waals surface area contributed by atoms with Gasteiger partial charge in [-0.1, -0.05) is 0 Å². The van der Waals surface area contributed by atoms with Gasteiger partial charge in [-0.15, -0.1) is 0 Å². The number of anilines is 2. The Labute approximate surface area is 119 Å². The normalized spacial score (nSPS) is 10.3. The molecule has 0 bridgehead atoms. The lowest BCUT2D eigenvalue weighted by Crippen LogP contribution is -2.34. The van der Waals surface area contributed by atoms with Gasteiger partial charge >= 0.3 is 6.01 Å². The Morgan fingerprint density at radius 1 is 1.35 bits per heavy atom. The molecule has 8 heteroatoms. The van der Waals surface area contributed by atoms with E-state index in [1.807, 2.05) is 20.8 Å². The summed E-state index contributed by atoms with van der Waals surface area (Å²) in [5, 5.41) is 5.57. The second-order valence-electron chi connectivity index (χ2n) is 4.47. The molecule has 0 radical (unpaired) electrons. The molecule has 1 aromatic heterocycles. The number of amides is 1. The van der Waals surface area contributed by atoms with Gasteiger partial charge in [-0.2, -0.15) is 15.0 Å². The first-order valence-corrected chi connectivity index (χ1v) is 6.54. The van der Waals surface area contributed by atoms with Crippen molar-refractivity contribution in [2.24, 2.45) is 0 Å². The molecule has 1 rings (SSSR count). The Kier molecular flexibility index (Phi) is 5.95. The van der Waals surface area contributed by atoms with Crippen LogP contribution in [0.15, 0.2) is 0 Å². The minimum Gasteiger partial charge on any atom is -0.461 e. The maximum atomic E-state index is 11.4. The molecular formula is C12H22N6O2. The molecule has 8 nitrogen and oxygen atoms in total. The van der Waals surface area contributed by atoms with Crippen molar-refractivity contribution < 1.29 is 9.53 Å². The van der Waals surface area contributed by atoms with Crippen LogP contribution in [0, 0.1) is 0 Å². The van der Waals surface area contributed by atoms with Crippen molar-refractivity contribution in [2.75, 3.05) is 37.4 Å².